The quantitative estimate of drug-likeness (QED) is 0.179. The van der Waals surface area contributed by atoms with E-state index < -0.39 is 11.7 Å². The number of rotatable bonds is 3. The third kappa shape index (κ3) is 4.95. The molecule has 0 saturated heterocycles. The number of hydrogen-bond donors (Lipinski definition) is 0. The van der Waals surface area contributed by atoms with Crippen molar-refractivity contribution in [3.63, 3.8) is 0 Å². The minimum absolute atomic E-state index is 0.102. The van der Waals surface area contributed by atoms with Crippen LogP contribution in [0.5, 0.6) is 0 Å². The summed E-state index contributed by atoms with van der Waals surface area (Å²) in [6.07, 6.45) is -4.74. The average Bonchev–Trinajstić information content (AvgIpc) is 3.70. The Morgan fingerprint density at radius 1 is 0.389 bits per heavy atom. The Morgan fingerprint density at radius 3 is 1.17 bits per heavy atom. The zero-order chi connectivity index (χ0) is 37.9. The summed E-state index contributed by atoms with van der Waals surface area (Å²) in [7, 11) is 0. The first-order chi connectivity index (χ1) is 26.1. The van der Waals surface area contributed by atoms with Crippen LogP contribution in [0, 0.1) is 68.0 Å². The largest absolute Gasteiger partial charge is 0.416 e. The Kier molecular flexibility index (Phi) is 7.39. The Bertz CT molecular complexity index is 3090. The van der Waals surface area contributed by atoms with E-state index in [0.29, 0.717) is 65.9 Å². The third-order valence-corrected chi connectivity index (χ3v) is 9.53. The highest BCUT2D eigenvalue weighted by Crippen LogP contribution is 2.43. The molecule has 0 unspecified atom stereocenters. The van der Waals surface area contributed by atoms with Gasteiger partial charge in [-0.25, -0.2) is 0 Å². The van der Waals surface area contributed by atoms with E-state index >= 15 is 0 Å². The minimum atomic E-state index is -4.74. The van der Waals surface area contributed by atoms with E-state index in [1.54, 1.807) is 94.1 Å². The van der Waals surface area contributed by atoms with Crippen LogP contribution in [0.3, 0.4) is 0 Å². The van der Waals surface area contributed by atoms with E-state index in [-0.39, 0.29) is 33.6 Å². The molecule has 8 aromatic rings. The van der Waals surface area contributed by atoms with Crippen LogP contribution in [-0.4, -0.2) is 9.13 Å². The van der Waals surface area contributed by atoms with Crippen LogP contribution in [0.4, 0.5) is 13.2 Å². The maximum Gasteiger partial charge on any atom is 0.416 e. The summed E-state index contributed by atoms with van der Waals surface area (Å²) in [5.74, 6) is 0. The molecule has 0 aliphatic rings. The highest BCUT2D eigenvalue weighted by Gasteiger charge is 2.32. The molecule has 11 heteroatoms. The molecule has 0 spiro atoms. The highest BCUT2D eigenvalue weighted by molar-refractivity contribution is 6.12. The molecule has 8 nitrogen and oxygen atoms in total. The molecule has 0 aliphatic heterocycles. The molecule has 2 aromatic heterocycles. The number of alkyl halides is 3. The lowest BCUT2D eigenvalue weighted by molar-refractivity contribution is -0.137. The molecule has 0 amide bonds. The second kappa shape index (κ2) is 12.2. The van der Waals surface area contributed by atoms with Crippen LogP contribution in [0.25, 0.3) is 66.1 Å². The molecule has 0 aliphatic carbocycles. The fraction of sp³-hybridized carbons (Fsp3) is 0.0233. The van der Waals surface area contributed by atoms with Crippen molar-refractivity contribution in [1.29, 1.82) is 31.6 Å². The number of halogens is 3. The van der Waals surface area contributed by atoms with E-state index in [2.05, 4.69) is 30.3 Å². The molecule has 0 bridgehead atoms. The molecule has 0 fully saturated rings. The molecule has 0 atom stereocenters. The van der Waals surface area contributed by atoms with Crippen molar-refractivity contribution in [3.05, 3.63) is 142 Å². The molecule has 250 valence electrons. The molecule has 8 rings (SSSR count). The van der Waals surface area contributed by atoms with Crippen LogP contribution in [0.15, 0.2) is 103 Å². The van der Waals surface area contributed by atoms with Crippen molar-refractivity contribution in [2.75, 3.05) is 0 Å². The molecular formula is C43H17F3N8. The van der Waals surface area contributed by atoms with E-state index in [1.165, 1.54) is 6.07 Å². The van der Waals surface area contributed by atoms with Crippen LogP contribution in [0.2, 0.25) is 0 Å². The van der Waals surface area contributed by atoms with E-state index in [1.807, 2.05) is 6.07 Å². The summed E-state index contributed by atoms with van der Waals surface area (Å²) < 4.78 is 45.3. The molecule has 0 radical (unpaired) electrons. The van der Waals surface area contributed by atoms with Gasteiger partial charge in [-0.3, -0.25) is 0 Å². The van der Waals surface area contributed by atoms with Gasteiger partial charge in [0.25, 0.3) is 0 Å². The summed E-state index contributed by atoms with van der Waals surface area (Å²) in [4.78, 5) is 0. The molecular weight excluding hydrogens is 686 g/mol. The SMILES string of the molecule is N#Cc1ccc2c3ccc(C#N)cc3n(-c3cc(-c4ccc(C(F)(F)F)cc4C#N)c(-n4c5cc(C#N)ccc5c5ccc(C#N)cc54)cc3C#N)c2c1. The van der Waals surface area contributed by atoms with Crippen LogP contribution in [-0.2, 0) is 6.18 Å². The Balaban J connectivity index is 1.59. The van der Waals surface area contributed by atoms with Crippen molar-refractivity contribution in [2.24, 2.45) is 0 Å². The zero-order valence-corrected chi connectivity index (χ0v) is 27.5. The topological polar surface area (TPSA) is 153 Å². The lowest BCUT2D eigenvalue weighted by atomic mass is 9.94. The van der Waals surface area contributed by atoms with E-state index in [9.17, 15) is 44.7 Å². The summed E-state index contributed by atoms with van der Waals surface area (Å²) >= 11 is 0. The van der Waals surface area contributed by atoms with Crippen LogP contribution >= 0.6 is 0 Å². The normalized spacial score (nSPS) is 11.1. The predicted molar refractivity (Wildman–Crippen MR) is 194 cm³/mol. The number of nitrogens with zero attached hydrogens (tertiary/aromatic N) is 8. The number of nitriles is 6. The second-order valence-electron chi connectivity index (χ2n) is 12.4. The lowest BCUT2D eigenvalue weighted by Gasteiger charge is -2.20. The first-order valence-electron chi connectivity index (χ1n) is 16.1. The van der Waals surface area contributed by atoms with Gasteiger partial charge in [-0.1, -0.05) is 30.3 Å². The Labute approximate surface area is 304 Å². The van der Waals surface area contributed by atoms with Crippen molar-refractivity contribution in [1.82, 2.24) is 9.13 Å². The van der Waals surface area contributed by atoms with E-state index in [4.69, 9.17) is 0 Å². The van der Waals surface area contributed by atoms with Gasteiger partial charge >= 0.3 is 6.18 Å². The van der Waals surface area contributed by atoms with Crippen molar-refractivity contribution in [2.45, 2.75) is 6.18 Å². The van der Waals surface area contributed by atoms with Gasteiger partial charge in [-0.05, 0) is 72.8 Å². The van der Waals surface area contributed by atoms with Gasteiger partial charge in [0, 0.05) is 32.7 Å². The van der Waals surface area contributed by atoms with E-state index in [0.717, 1.165) is 12.1 Å². The number of hydrogen-bond acceptors (Lipinski definition) is 6. The maximum atomic E-state index is 14.0. The van der Waals surface area contributed by atoms with Crippen LogP contribution in [0.1, 0.15) is 38.9 Å². The van der Waals surface area contributed by atoms with Gasteiger partial charge in [0.05, 0.1) is 103 Å². The molecule has 0 saturated carbocycles. The van der Waals surface area contributed by atoms with Crippen molar-refractivity contribution >= 4 is 43.6 Å². The average molecular weight is 703 g/mol. The van der Waals surface area contributed by atoms with Gasteiger partial charge in [0.1, 0.15) is 6.07 Å². The fourth-order valence-electron chi connectivity index (χ4n) is 7.13. The minimum Gasteiger partial charge on any atom is -0.308 e. The van der Waals surface area contributed by atoms with Crippen molar-refractivity contribution in [3.8, 4) is 58.9 Å². The monoisotopic (exact) mass is 702 g/mol. The standard InChI is InChI=1S/C43H17F3N8/c44-43(45,46)30-5-10-31(28(15-30)22-51)36-17-37(53-38-11-24(18-47)1-6-32(38)33-7-2-25(19-48)12-39(33)53)29(23-52)16-42(36)54-40-13-26(20-49)3-8-34(40)35-9-4-27(21-50)14-41(35)54/h1-17H. The Hall–Kier alpha value is -8.35. The molecule has 0 N–H and O–H groups in total. The molecule has 2 heterocycles. The first kappa shape index (κ1) is 32.8. The third-order valence-electron chi connectivity index (χ3n) is 9.53. The summed E-state index contributed by atoms with van der Waals surface area (Å²) in [5.41, 5.74) is 3.04. The summed E-state index contributed by atoms with van der Waals surface area (Å²) in [6.45, 7) is 0. The number of benzene rings is 6. The predicted octanol–water partition coefficient (Wildman–Crippen LogP) is 9.80. The Morgan fingerprint density at radius 2 is 0.796 bits per heavy atom. The number of fused-ring (bicyclic) bond motifs is 6. The smallest absolute Gasteiger partial charge is 0.308 e. The second-order valence-corrected chi connectivity index (χ2v) is 12.4. The fourth-order valence-corrected chi connectivity index (χ4v) is 7.13. The summed E-state index contributed by atoms with van der Waals surface area (Å²) in [6, 6.07) is 39.0. The first-order valence-corrected chi connectivity index (χ1v) is 16.1. The number of aromatic nitrogens is 2. The highest BCUT2D eigenvalue weighted by atomic mass is 19.4. The van der Waals surface area contributed by atoms with Crippen LogP contribution < -0.4 is 0 Å². The zero-order valence-electron chi connectivity index (χ0n) is 27.5. The van der Waals surface area contributed by atoms with Gasteiger partial charge in [0.2, 0.25) is 0 Å². The lowest BCUT2D eigenvalue weighted by Crippen LogP contribution is -2.07. The van der Waals surface area contributed by atoms with Gasteiger partial charge in [-0.15, -0.1) is 0 Å². The molecule has 6 aromatic carbocycles. The summed E-state index contributed by atoms with van der Waals surface area (Å²) in [5, 5.41) is 63.3. The maximum absolute atomic E-state index is 14.0. The van der Waals surface area contributed by atoms with Gasteiger partial charge in [-0.2, -0.15) is 44.7 Å². The van der Waals surface area contributed by atoms with Gasteiger partial charge < -0.3 is 9.13 Å². The van der Waals surface area contributed by atoms with Crippen molar-refractivity contribution < 1.29 is 13.2 Å². The van der Waals surface area contributed by atoms with Gasteiger partial charge in [0.15, 0.2) is 0 Å². The molecule has 54 heavy (non-hydrogen) atoms.